The van der Waals surface area contributed by atoms with E-state index in [1.54, 1.807) is 13.8 Å². The summed E-state index contributed by atoms with van der Waals surface area (Å²) < 4.78 is 5.20. The van der Waals surface area contributed by atoms with Crippen molar-refractivity contribution in [1.82, 2.24) is 10.1 Å². The molecule has 0 saturated carbocycles. The van der Waals surface area contributed by atoms with E-state index in [4.69, 9.17) is 9.63 Å². The number of carboxylic acids is 1. The highest BCUT2D eigenvalue weighted by atomic mass is 16.5. The van der Waals surface area contributed by atoms with Crippen molar-refractivity contribution in [2.45, 2.75) is 40.0 Å². The lowest BCUT2D eigenvalue weighted by atomic mass is 9.96. The number of aliphatic carboxylic acids is 1. The van der Waals surface area contributed by atoms with Crippen molar-refractivity contribution in [3.05, 3.63) is 46.6 Å². The number of carboxylic acid groups (broad SMARTS) is 1. The quantitative estimate of drug-likeness (QED) is 0.914. The average molecular weight is 288 g/mol. The van der Waals surface area contributed by atoms with Gasteiger partial charge in [0.05, 0.1) is 5.92 Å². The highest BCUT2D eigenvalue weighted by molar-refractivity contribution is 5.70. The van der Waals surface area contributed by atoms with Crippen molar-refractivity contribution in [3.8, 4) is 0 Å². The molecule has 0 aliphatic rings. The zero-order valence-electron chi connectivity index (χ0n) is 12.8. The Morgan fingerprint density at radius 2 is 2.00 bits per heavy atom. The maximum Gasteiger partial charge on any atom is 0.307 e. The molecule has 0 aliphatic heterocycles. The van der Waals surface area contributed by atoms with Crippen LogP contribution < -0.4 is 0 Å². The lowest BCUT2D eigenvalue weighted by molar-refractivity contribution is -0.141. The molecule has 21 heavy (non-hydrogen) atoms. The molecular weight excluding hydrogens is 268 g/mol. The maximum atomic E-state index is 11.0. The van der Waals surface area contributed by atoms with Crippen LogP contribution in [0.2, 0.25) is 0 Å². The molecule has 0 saturated heterocycles. The molecule has 0 amide bonds. The number of rotatable bonds is 5. The predicted octanol–water partition coefficient (Wildman–Crippen LogP) is 3.10. The van der Waals surface area contributed by atoms with Crippen molar-refractivity contribution in [3.63, 3.8) is 0 Å². The Bertz CT molecular complexity index is 649. The standard InChI is InChI=1S/C16H20N2O3/c1-9-5-6-13(7-10(9)2)8-14-17-15(21-18-14)11(3)12(4)16(19)20/h5-7,11-12H,8H2,1-4H3,(H,19,20). The Morgan fingerprint density at radius 1 is 1.29 bits per heavy atom. The fourth-order valence-corrected chi connectivity index (χ4v) is 2.05. The van der Waals surface area contributed by atoms with Crippen LogP contribution in [0.5, 0.6) is 0 Å². The van der Waals surface area contributed by atoms with Gasteiger partial charge in [0.25, 0.3) is 0 Å². The van der Waals surface area contributed by atoms with Crippen LogP contribution in [0.4, 0.5) is 0 Å². The maximum absolute atomic E-state index is 11.0. The molecule has 0 fully saturated rings. The van der Waals surface area contributed by atoms with E-state index in [0.717, 1.165) is 5.56 Å². The zero-order valence-corrected chi connectivity index (χ0v) is 12.8. The Balaban J connectivity index is 2.13. The molecule has 112 valence electrons. The van der Waals surface area contributed by atoms with Crippen molar-refractivity contribution >= 4 is 5.97 Å². The fraction of sp³-hybridized carbons (Fsp3) is 0.438. The van der Waals surface area contributed by atoms with Gasteiger partial charge in [0.1, 0.15) is 0 Å². The molecule has 1 N–H and O–H groups in total. The Labute approximate surface area is 124 Å². The highest BCUT2D eigenvalue weighted by Gasteiger charge is 2.25. The Hall–Kier alpha value is -2.17. The lowest BCUT2D eigenvalue weighted by Crippen LogP contribution is -2.16. The summed E-state index contributed by atoms with van der Waals surface area (Å²) in [5.41, 5.74) is 3.59. The van der Waals surface area contributed by atoms with Gasteiger partial charge < -0.3 is 9.63 Å². The fourth-order valence-electron chi connectivity index (χ4n) is 2.05. The van der Waals surface area contributed by atoms with E-state index < -0.39 is 11.9 Å². The SMILES string of the molecule is Cc1ccc(Cc2noc(C(C)C(C)C(=O)O)n2)cc1C. The van der Waals surface area contributed by atoms with Crippen molar-refractivity contribution in [1.29, 1.82) is 0 Å². The number of aryl methyl sites for hydroxylation is 2. The van der Waals surface area contributed by atoms with Gasteiger partial charge in [0.2, 0.25) is 5.89 Å². The minimum Gasteiger partial charge on any atom is -0.481 e. The van der Waals surface area contributed by atoms with E-state index in [-0.39, 0.29) is 5.92 Å². The van der Waals surface area contributed by atoms with E-state index >= 15 is 0 Å². The smallest absolute Gasteiger partial charge is 0.307 e. The molecule has 0 radical (unpaired) electrons. The number of aromatic nitrogens is 2. The van der Waals surface area contributed by atoms with Crippen molar-refractivity contribution in [2.75, 3.05) is 0 Å². The summed E-state index contributed by atoms with van der Waals surface area (Å²) in [5.74, 6) is -0.763. The third kappa shape index (κ3) is 3.48. The largest absolute Gasteiger partial charge is 0.481 e. The highest BCUT2D eigenvalue weighted by Crippen LogP contribution is 2.23. The predicted molar refractivity (Wildman–Crippen MR) is 78.2 cm³/mol. The summed E-state index contributed by atoms with van der Waals surface area (Å²) in [7, 11) is 0. The van der Waals surface area contributed by atoms with Gasteiger partial charge in [-0.1, -0.05) is 37.2 Å². The van der Waals surface area contributed by atoms with Gasteiger partial charge in [-0.3, -0.25) is 4.79 Å². The molecule has 0 aliphatic carbocycles. The Kier molecular flexibility index (Phi) is 4.40. The van der Waals surface area contributed by atoms with Gasteiger partial charge in [0.15, 0.2) is 5.82 Å². The third-order valence-corrected chi connectivity index (χ3v) is 3.95. The molecule has 2 aromatic rings. The second kappa shape index (κ2) is 6.08. The average Bonchev–Trinajstić information content (AvgIpc) is 2.89. The number of nitrogens with zero attached hydrogens (tertiary/aromatic N) is 2. The molecule has 0 bridgehead atoms. The molecule has 2 rings (SSSR count). The summed E-state index contributed by atoms with van der Waals surface area (Å²) >= 11 is 0. The Morgan fingerprint density at radius 3 is 2.62 bits per heavy atom. The van der Waals surface area contributed by atoms with Gasteiger partial charge in [-0.2, -0.15) is 4.98 Å². The van der Waals surface area contributed by atoms with E-state index in [1.165, 1.54) is 11.1 Å². The minimum absolute atomic E-state index is 0.302. The van der Waals surface area contributed by atoms with Crippen LogP contribution in [0.15, 0.2) is 22.7 Å². The van der Waals surface area contributed by atoms with Gasteiger partial charge in [-0.25, -0.2) is 0 Å². The summed E-state index contributed by atoms with van der Waals surface area (Å²) in [6.07, 6.45) is 0.582. The topological polar surface area (TPSA) is 76.2 Å². The van der Waals surface area contributed by atoms with Gasteiger partial charge >= 0.3 is 5.97 Å². The molecule has 1 heterocycles. The normalized spacial score (nSPS) is 13.9. The zero-order chi connectivity index (χ0) is 15.6. The molecular formula is C16H20N2O3. The number of hydrogen-bond acceptors (Lipinski definition) is 4. The first kappa shape index (κ1) is 15.2. The lowest BCUT2D eigenvalue weighted by Gasteiger charge is -2.10. The van der Waals surface area contributed by atoms with Crippen LogP contribution in [0.1, 0.15) is 48.2 Å². The number of hydrogen-bond donors (Lipinski definition) is 1. The second-order valence-electron chi connectivity index (χ2n) is 5.56. The van der Waals surface area contributed by atoms with E-state index in [9.17, 15) is 4.79 Å². The molecule has 2 unspecified atom stereocenters. The van der Waals surface area contributed by atoms with Gasteiger partial charge in [-0.15, -0.1) is 0 Å². The first-order chi connectivity index (χ1) is 9.88. The van der Waals surface area contributed by atoms with E-state index in [1.807, 2.05) is 6.07 Å². The number of benzene rings is 1. The first-order valence-electron chi connectivity index (χ1n) is 7.00. The summed E-state index contributed by atoms with van der Waals surface area (Å²) in [4.78, 5) is 15.3. The van der Waals surface area contributed by atoms with Crippen LogP contribution in [0, 0.1) is 19.8 Å². The van der Waals surface area contributed by atoms with Crippen molar-refractivity contribution < 1.29 is 14.4 Å². The molecule has 1 aromatic heterocycles. The van der Waals surface area contributed by atoms with E-state index in [2.05, 4.69) is 36.1 Å². The molecule has 5 nitrogen and oxygen atoms in total. The molecule has 5 heteroatoms. The molecule has 2 atom stereocenters. The summed E-state index contributed by atoms with van der Waals surface area (Å²) in [6, 6.07) is 6.22. The van der Waals surface area contributed by atoms with E-state index in [0.29, 0.717) is 18.1 Å². The summed E-state index contributed by atoms with van der Waals surface area (Å²) in [5, 5.41) is 13.0. The van der Waals surface area contributed by atoms with Crippen LogP contribution in [0.25, 0.3) is 0 Å². The second-order valence-corrected chi connectivity index (χ2v) is 5.56. The minimum atomic E-state index is -0.864. The van der Waals surface area contributed by atoms with Crippen LogP contribution in [0.3, 0.4) is 0 Å². The first-order valence-corrected chi connectivity index (χ1v) is 7.00. The molecule has 1 aromatic carbocycles. The van der Waals surface area contributed by atoms with Crippen LogP contribution in [-0.4, -0.2) is 21.2 Å². The van der Waals surface area contributed by atoms with Crippen LogP contribution in [-0.2, 0) is 11.2 Å². The van der Waals surface area contributed by atoms with Crippen LogP contribution >= 0.6 is 0 Å². The molecule has 0 spiro atoms. The monoisotopic (exact) mass is 288 g/mol. The number of carbonyl (C=O) groups is 1. The van der Waals surface area contributed by atoms with Gasteiger partial charge in [0, 0.05) is 12.3 Å². The third-order valence-electron chi connectivity index (χ3n) is 3.95. The van der Waals surface area contributed by atoms with Crippen molar-refractivity contribution in [2.24, 2.45) is 5.92 Å². The summed E-state index contributed by atoms with van der Waals surface area (Å²) in [6.45, 7) is 7.56. The van der Waals surface area contributed by atoms with Gasteiger partial charge in [-0.05, 0) is 30.5 Å².